The van der Waals surface area contributed by atoms with Crippen LogP contribution in [-0.2, 0) is 4.74 Å². The minimum Gasteiger partial charge on any atom is -0.444 e. The number of amides is 1. The summed E-state index contributed by atoms with van der Waals surface area (Å²) in [7, 11) is 0. The summed E-state index contributed by atoms with van der Waals surface area (Å²) in [4.78, 5) is 13.9. The summed E-state index contributed by atoms with van der Waals surface area (Å²) in [6, 6.07) is 0. The van der Waals surface area contributed by atoms with Crippen molar-refractivity contribution in [2.45, 2.75) is 39.2 Å². The van der Waals surface area contributed by atoms with E-state index < -0.39 is 0 Å². The molecule has 2 atom stereocenters. The van der Waals surface area contributed by atoms with Crippen molar-refractivity contribution in [2.75, 3.05) is 26.2 Å². The second-order valence-corrected chi connectivity index (χ2v) is 6.22. The molecular weight excluding hydrogens is 216 g/mol. The van der Waals surface area contributed by atoms with E-state index in [1.54, 1.807) is 0 Å². The maximum atomic E-state index is 12.0. The molecule has 0 spiro atoms. The lowest BCUT2D eigenvalue weighted by molar-refractivity contribution is 0.0253. The summed E-state index contributed by atoms with van der Waals surface area (Å²) in [5.41, 5.74) is -0.388. The summed E-state index contributed by atoms with van der Waals surface area (Å²) in [5.74, 6) is 1.50. The number of nitrogens with zero attached hydrogens (tertiary/aromatic N) is 1. The van der Waals surface area contributed by atoms with Gasteiger partial charge >= 0.3 is 6.09 Å². The van der Waals surface area contributed by atoms with Gasteiger partial charge in [-0.3, -0.25) is 0 Å². The van der Waals surface area contributed by atoms with E-state index in [1.807, 2.05) is 25.7 Å². The zero-order chi connectivity index (χ0) is 12.5. The fourth-order valence-corrected chi connectivity index (χ4v) is 2.73. The fraction of sp³-hybridized carbons (Fsp3) is 0.923. The van der Waals surface area contributed by atoms with Gasteiger partial charge in [0.2, 0.25) is 0 Å². The molecule has 0 bridgehead atoms. The van der Waals surface area contributed by atoms with E-state index in [4.69, 9.17) is 4.74 Å². The number of likely N-dealkylation sites (tertiary alicyclic amines) is 1. The molecule has 0 aromatic heterocycles. The first-order valence-corrected chi connectivity index (χ1v) is 6.64. The third-order valence-electron chi connectivity index (χ3n) is 3.67. The number of rotatable bonds is 0. The Morgan fingerprint density at radius 2 is 1.71 bits per heavy atom. The molecule has 2 fully saturated rings. The van der Waals surface area contributed by atoms with Gasteiger partial charge < -0.3 is 15.0 Å². The van der Waals surface area contributed by atoms with Crippen molar-refractivity contribution < 1.29 is 9.53 Å². The molecule has 1 N–H and O–H groups in total. The van der Waals surface area contributed by atoms with E-state index in [2.05, 4.69) is 5.32 Å². The van der Waals surface area contributed by atoms with Gasteiger partial charge in [-0.2, -0.15) is 0 Å². The lowest BCUT2D eigenvalue weighted by Crippen LogP contribution is -2.37. The zero-order valence-corrected chi connectivity index (χ0v) is 11.2. The predicted octanol–water partition coefficient (Wildman–Crippen LogP) is 1.85. The Bertz CT molecular complexity index is 272. The van der Waals surface area contributed by atoms with Gasteiger partial charge in [0.1, 0.15) is 5.60 Å². The van der Waals surface area contributed by atoms with Crippen molar-refractivity contribution in [3.05, 3.63) is 0 Å². The topological polar surface area (TPSA) is 41.6 Å². The van der Waals surface area contributed by atoms with E-state index in [0.717, 1.165) is 50.9 Å². The summed E-state index contributed by atoms with van der Waals surface area (Å²) < 4.78 is 5.43. The van der Waals surface area contributed by atoms with Crippen molar-refractivity contribution >= 4 is 6.09 Å². The molecule has 4 nitrogen and oxygen atoms in total. The van der Waals surface area contributed by atoms with Gasteiger partial charge in [-0.1, -0.05) is 0 Å². The van der Waals surface area contributed by atoms with Crippen LogP contribution in [0.15, 0.2) is 0 Å². The standard InChI is InChI=1S/C13H24N2O2/c1-13(2,3)17-12(16)15-6-4-10-8-14-9-11(10)5-7-15/h10-11,14H,4-9H2,1-3H3/t10-,11+. The molecule has 2 aliphatic heterocycles. The van der Waals surface area contributed by atoms with E-state index in [-0.39, 0.29) is 11.7 Å². The Balaban J connectivity index is 1.88. The number of ether oxygens (including phenoxy) is 1. The highest BCUT2D eigenvalue weighted by Gasteiger charge is 2.32. The molecular formula is C13H24N2O2. The highest BCUT2D eigenvalue weighted by atomic mass is 16.6. The van der Waals surface area contributed by atoms with Crippen LogP contribution in [0, 0.1) is 11.8 Å². The smallest absolute Gasteiger partial charge is 0.410 e. The normalized spacial score (nSPS) is 29.7. The van der Waals surface area contributed by atoms with Gasteiger partial charge in [0.25, 0.3) is 0 Å². The molecule has 2 aliphatic rings. The summed E-state index contributed by atoms with van der Waals surface area (Å²) in [6.07, 6.45) is 2.07. The minimum absolute atomic E-state index is 0.148. The molecule has 2 heterocycles. The molecule has 17 heavy (non-hydrogen) atoms. The molecule has 98 valence electrons. The van der Waals surface area contributed by atoms with Gasteiger partial charge in [0.05, 0.1) is 0 Å². The predicted molar refractivity (Wildman–Crippen MR) is 66.9 cm³/mol. The van der Waals surface area contributed by atoms with Gasteiger partial charge in [-0.25, -0.2) is 4.79 Å². The first-order valence-electron chi connectivity index (χ1n) is 6.64. The molecule has 2 saturated heterocycles. The molecule has 0 aromatic rings. The van der Waals surface area contributed by atoms with E-state index in [9.17, 15) is 4.79 Å². The molecule has 0 aliphatic carbocycles. The Labute approximate surface area is 104 Å². The minimum atomic E-state index is -0.388. The van der Waals surface area contributed by atoms with Crippen LogP contribution in [0.3, 0.4) is 0 Å². The second kappa shape index (κ2) is 4.84. The van der Waals surface area contributed by atoms with Crippen LogP contribution >= 0.6 is 0 Å². The maximum absolute atomic E-state index is 12.0. The molecule has 0 saturated carbocycles. The monoisotopic (exact) mass is 240 g/mol. The number of fused-ring (bicyclic) bond motifs is 1. The number of hydrogen-bond acceptors (Lipinski definition) is 3. The molecule has 0 radical (unpaired) electrons. The quantitative estimate of drug-likeness (QED) is 0.702. The lowest BCUT2D eigenvalue weighted by Gasteiger charge is -2.26. The third kappa shape index (κ3) is 3.35. The van der Waals surface area contributed by atoms with Crippen LogP contribution in [0.1, 0.15) is 33.6 Å². The van der Waals surface area contributed by atoms with Crippen LogP contribution in [0.2, 0.25) is 0 Å². The van der Waals surface area contributed by atoms with E-state index in [0.29, 0.717) is 0 Å². The highest BCUT2D eigenvalue weighted by Crippen LogP contribution is 2.27. The maximum Gasteiger partial charge on any atom is 0.410 e. The molecule has 0 unspecified atom stereocenters. The molecule has 4 heteroatoms. The van der Waals surface area contributed by atoms with E-state index >= 15 is 0 Å². The Kier molecular flexibility index (Phi) is 3.61. The SMILES string of the molecule is CC(C)(C)OC(=O)N1CC[C@@H]2CNC[C@@H]2CC1. The van der Waals surface area contributed by atoms with Crippen LogP contribution in [0.4, 0.5) is 4.79 Å². The van der Waals surface area contributed by atoms with Crippen molar-refractivity contribution in [1.82, 2.24) is 10.2 Å². The summed E-state index contributed by atoms with van der Waals surface area (Å²) in [6.45, 7) is 9.68. The summed E-state index contributed by atoms with van der Waals surface area (Å²) >= 11 is 0. The number of carbonyl (C=O) groups is 1. The Hall–Kier alpha value is -0.770. The lowest BCUT2D eigenvalue weighted by atomic mass is 9.92. The third-order valence-corrected chi connectivity index (χ3v) is 3.67. The average Bonchev–Trinajstić information content (AvgIpc) is 2.54. The number of carbonyl (C=O) groups excluding carboxylic acids is 1. The van der Waals surface area contributed by atoms with Gasteiger partial charge in [0, 0.05) is 13.1 Å². The van der Waals surface area contributed by atoms with Gasteiger partial charge in [0.15, 0.2) is 0 Å². The molecule has 2 rings (SSSR count). The summed E-state index contributed by atoms with van der Waals surface area (Å²) in [5, 5.41) is 3.44. The van der Waals surface area contributed by atoms with E-state index in [1.165, 1.54) is 0 Å². The van der Waals surface area contributed by atoms with Crippen LogP contribution < -0.4 is 5.32 Å². The van der Waals surface area contributed by atoms with Gasteiger partial charge in [-0.05, 0) is 58.5 Å². The zero-order valence-electron chi connectivity index (χ0n) is 11.2. The Morgan fingerprint density at radius 1 is 1.18 bits per heavy atom. The molecule has 0 aromatic carbocycles. The van der Waals surface area contributed by atoms with Gasteiger partial charge in [-0.15, -0.1) is 0 Å². The average molecular weight is 240 g/mol. The van der Waals surface area contributed by atoms with Crippen molar-refractivity contribution in [3.63, 3.8) is 0 Å². The molecule has 1 amide bonds. The highest BCUT2D eigenvalue weighted by molar-refractivity contribution is 5.68. The van der Waals surface area contributed by atoms with Crippen LogP contribution in [0.5, 0.6) is 0 Å². The van der Waals surface area contributed by atoms with Crippen molar-refractivity contribution in [3.8, 4) is 0 Å². The number of hydrogen-bond donors (Lipinski definition) is 1. The number of nitrogens with one attached hydrogen (secondary N) is 1. The van der Waals surface area contributed by atoms with Crippen LogP contribution in [0.25, 0.3) is 0 Å². The van der Waals surface area contributed by atoms with Crippen LogP contribution in [-0.4, -0.2) is 42.8 Å². The van der Waals surface area contributed by atoms with Crippen molar-refractivity contribution in [2.24, 2.45) is 11.8 Å². The largest absolute Gasteiger partial charge is 0.444 e. The second-order valence-electron chi connectivity index (χ2n) is 6.22. The first-order chi connectivity index (χ1) is 7.96. The fourth-order valence-electron chi connectivity index (χ4n) is 2.73. The first kappa shape index (κ1) is 12.7. The Morgan fingerprint density at radius 3 is 2.18 bits per heavy atom. The van der Waals surface area contributed by atoms with Crippen molar-refractivity contribution in [1.29, 1.82) is 0 Å².